The van der Waals surface area contributed by atoms with E-state index in [1.807, 2.05) is 0 Å². The zero-order valence-corrected chi connectivity index (χ0v) is 9.48. The molecule has 1 N–H and O–H groups in total. The Balaban J connectivity index is -0.000000125. The molecule has 0 saturated carbocycles. The number of rotatable bonds is 1. The van der Waals surface area contributed by atoms with Crippen molar-refractivity contribution in [1.29, 1.82) is 0 Å². The Bertz CT molecular complexity index is 80.0. The first-order valence-corrected chi connectivity index (χ1v) is 1.53. The third-order valence-corrected chi connectivity index (χ3v) is 0.365. The number of aliphatic carboxylic acids is 1. The van der Waals surface area contributed by atoms with E-state index in [2.05, 4.69) is 6.58 Å². The third-order valence-electron chi connectivity index (χ3n) is 0.365. The summed E-state index contributed by atoms with van der Waals surface area (Å²) in [6.07, 6.45) is 0. The second-order valence-electron chi connectivity index (χ2n) is 1.09. The Morgan fingerprint density at radius 1 is 1.86 bits per heavy atom. The molecule has 0 aromatic rings. The van der Waals surface area contributed by atoms with Crippen LogP contribution in [-0.4, -0.2) is 11.1 Å². The van der Waals surface area contributed by atoms with Crippen molar-refractivity contribution in [3.63, 3.8) is 0 Å². The Hall–Kier alpha value is 1.02. The summed E-state index contributed by atoms with van der Waals surface area (Å²) >= 11 is 0. The number of hydrogen-bond acceptors (Lipinski definition) is 1. The standard InChI is InChI=1S/C4H6O2.Rb.H/c1-3(2)4(5)6;;/h1H2,2H3,(H,5,6);;/q;+1;-1. The summed E-state index contributed by atoms with van der Waals surface area (Å²) in [6.45, 7) is 4.60. The van der Waals surface area contributed by atoms with Crippen LogP contribution in [0.25, 0.3) is 0 Å². The normalized spacial score (nSPS) is 6.43. The molecule has 0 aliphatic carbocycles. The van der Waals surface area contributed by atoms with Crippen molar-refractivity contribution in [2.75, 3.05) is 0 Å². The molecule has 0 heterocycles. The molecule has 0 unspecified atom stereocenters. The van der Waals surface area contributed by atoms with E-state index in [0.29, 0.717) is 0 Å². The van der Waals surface area contributed by atoms with Gasteiger partial charge in [0.2, 0.25) is 0 Å². The molecule has 7 heavy (non-hydrogen) atoms. The topological polar surface area (TPSA) is 37.3 Å². The van der Waals surface area contributed by atoms with Crippen LogP contribution >= 0.6 is 0 Å². The van der Waals surface area contributed by atoms with E-state index in [1.54, 1.807) is 0 Å². The van der Waals surface area contributed by atoms with Crippen LogP contribution in [-0.2, 0) is 4.79 Å². The second kappa shape index (κ2) is 5.16. The molecule has 2 nitrogen and oxygen atoms in total. The Kier molecular flexibility index (Phi) is 8.03. The predicted octanol–water partition coefficient (Wildman–Crippen LogP) is -2.24. The monoisotopic (exact) mass is 172 g/mol. The number of carboxylic acids is 1. The fourth-order valence-electron chi connectivity index (χ4n) is 0. The largest absolute Gasteiger partial charge is 1.00 e. The maximum atomic E-state index is 9.60. The Morgan fingerprint density at radius 3 is 2.00 bits per heavy atom. The van der Waals surface area contributed by atoms with Crippen LogP contribution < -0.4 is 58.2 Å². The van der Waals surface area contributed by atoms with Crippen molar-refractivity contribution in [3.05, 3.63) is 12.2 Å². The third kappa shape index (κ3) is 7.02. The second-order valence-corrected chi connectivity index (χ2v) is 1.09. The van der Waals surface area contributed by atoms with E-state index in [9.17, 15) is 4.79 Å². The van der Waals surface area contributed by atoms with Crippen LogP contribution in [0.5, 0.6) is 0 Å². The first-order chi connectivity index (χ1) is 2.64. The summed E-state index contributed by atoms with van der Waals surface area (Å²) in [6, 6.07) is 0. The first kappa shape index (κ1) is 10.9. The summed E-state index contributed by atoms with van der Waals surface area (Å²) in [7, 11) is 0. The summed E-state index contributed by atoms with van der Waals surface area (Å²) < 4.78 is 0. The fourth-order valence-corrected chi connectivity index (χ4v) is 0. The summed E-state index contributed by atoms with van der Waals surface area (Å²) in [5.74, 6) is -0.935. The van der Waals surface area contributed by atoms with Crippen molar-refractivity contribution in [1.82, 2.24) is 0 Å². The summed E-state index contributed by atoms with van der Waals surface area (Å²) in [5.41, 5.74) is 0.176. The van der Waals surface area contributed by atoms with Gasteiger partial charge in [0, 0.05) is 5.57 Å². The summed E-state index contributed by atoms with van der Waals surface area (Å²) in [5, 5.41) is 7.89. The van der Waals surface area contributed by atoms with Gasteiger partial charge in [0.15, 0.2) is 0 Å². The van der Waals surface area contributed by atoms with Crippen LogP contribution in [0.3, 0.4) is 0 Å². The van der Waals surface area contributed by atoms with Crippen molar-refractivity contribution >= 4 is 5.97 Å². The van der Waals surface area contributed by atoms with Gasteiger partial charge in [-0.25, -0.2) is 4.79 Å². The average Bonchev–Trinajstić information content (AvgIpc) is 1.36. The Morgan fingerprint density at radius 2 is 2.00 bits per heavy atom. The van der Waals surface area contributed by atoms with Crippen LogP contribution in [0.2, 0.25) is 0 Å². The number of carbonyl (C=O) groups is 1. The quantitative estimate of drug-likeness (QED) is 0.455. The molecule has 0 rings (SSSR count). The van der Waals surface area contributed by atoms with Crippen molar-refractivity contribution in [2.45, 2.75) is 6.92 Å². The predicted molar refractivity (Wildman–Crippen MR) is 23.6 cm³/mol. The van der Waals surface area contributed by atoms with Crippen molar-refractivity contribution in [3.8, 4) is 0 Å². The van der Waals surface area contributed by atoms with Crippen molar-refractivity contribution < 1.29 is 69.5 Å². The molecule has 0 aliphatic rings. The minimum Gasteiger partial charge on any atom is -1.00 e. The molecule has 0 fully saturated rings. The van der Waals surface area contributed by atoms with E-state index < -0.39 is 5.97 Å². The van der Waals surface area contributed by atoms with Crippen molar-refractivity contribution in [2.24, 2.45) is 0 Å². The van der Waals surface area contributed by atoms with E-state index >= 15 is 0 Å². The van der Waals surface area contributed by atoms with E-state index in [-0.39, 0.29) is 65.2 Å². The zero-order chi connectivity index (χ0) is 5.15. The van der Waals surface area contributed by atoms with Crippen LogP contribution in [0, 0.1) is 0 Å². The van der Waals surface area contributed by atoms with Gasteiger partial charge in [-0.05, 0) is 6.92 Å². The van der Waals surface area contributed by atoms with Gasteiger partial charge in [-0.3, -0.25) is 0 Å². The molecular formula is C4H7O2Rb. The van der Waals surface area contributed by atoms with Gasteiger partial charge in [0.1, 0.15) is 0 Å². The van der Waals surface area contributed by atoms with Crippen LogP contribution in [0.1, 0.15) is 8.35 Å². The zero-order valence-electron chi connectivity index (χ0n) is 5.56. The molecule has 0 radical (unpaired) electrons. The minimum absolute atomic E-state index is 0. The molecule has 36 valence electrons. The van der Waals surface area contributed by atoms with Crippen LogP contribution in [0.4, 0.5) is 0 Å². The molecule has 0 spiro atoms. The number of hydrogen-bond donors (Lipinski definition) is 1. The van der Waals surface area contributed by atoms with Crippen LogP contribution in [0.15, 0.2) is 12.2 Å². The van der Waals surface area contributed by atoms with Gasteiger partial charge in [0.05, 0.1) is 0 Å². The number of carboxylic acid groups (broad SMARTS) is 1. The van der Waals surface area contributed by atoms with Gasteiger partial charge in [-0.15, -0.1) is 0 Å². The average molecular weight is 173 g/mol. The van der Waals surface area contributed by atoms with Gasteiger partial charge in [-0.2, -0.15) is 0 Å². The fraction of sp³-hybridized carbons (Fsp3) is 0.250. The van der Waals surface area contributed by atoms with E-state index in [4.69, 9.17) is 5.11 Å². The van der Waals surface area contributed by atoms with Gasteiger partial charge in [-0.1, -0.05) is 6.58 Å². The van der Waals surface area contributed by atoms with Gasteiger partial charge < -0.3 is 6.53 Å². The summed E-state index contributed by atoms with van der Waals surface area (Å²) in [4.78, 5) is 9.60. The first-order valence-electron chi connectivity index (χ1n) is 1.53. The smallest absolute Gasteiger partial charge is 1.00 e. The molecular weight excluding hydrogens is 166 g/mol. The minimum atomic E-state index is -0.935. The maximum absolute atomic E-state index is 9.60. The van der Waals surface area contributed by atoms with E-state index in [1.165, 1.54) is 6.92 Å². The molecule has 0 amide bonds. The molecule has 0 aromatic carbocycles. The molecule has 0 aliphatic heterocycles. The maximum Gasteiger partial charge on any atom is 1.00 e. The molecule has 3 heteroatoms. The van der Waals surface area contributed by atoms with E-state index in [0.717, 1.165) is 0 Å². The molecule has 0 atom stereocenters. The SMILES string of the molecule is C=C(C)C(=O)O.[H-].[Rb+]. The van der Waals surface area contributed by atoms with Gasteiger partial charge in [0.25, 0.3) is 0 Å². The van der Waals surface area contributed by atoms with Gasteiger partial charge >= 0.3 is 64.2 Å². The molecule has 0 saturated heterocycles. The molecule has 0 bridgehead atoms. The Labute approximate surface area is 92.9 Å². The molecule has 0 aromatic heterocycles.